The Hall–Kier alpha value is -2.76. The molecule has 1 aromatic carbocycles. The summed E-state index contributed by atoms with van der Waals surface area (Å²) in [6, 6.07) is 4.69. The summed E-state index contributed by atoms with van der Waals surface area (Å²) in [6.45, 7) is 2.25. The van der Waals surface area contributed by atoms with Crippen LogP contribution >= 0.6 is 0 Å². The molecule has 0 aliphatic rings. The predicted octanol–water partition coefficient (Wildman–Crippen LogP) is 7.33. The summed E-state index contributed by atoms with van der Waals surface area (Å²) >= 11 is 0. The number of methoxy groups -OCH3 is 1. The van der Waals surface area contributed by atoms with Crippen molar-refractivity contribution in [3.63, 3.8) is 0 Å². The molecule has 3 N–H and O–H groups in total. The Balaban J connectivity index is 1.57. The van der Waals surface area contributed by atoms with Crippen molar-refractivity contribution >= 4 is 22.8 Å². The number of carboxylic acid groups (broad SMARTS) is 1. The second-order valence-corrected chi connectivity index (χ2v) is 9.72. The van der Waals surface area contributed by atoms with E-state index < -0.39 is 12.0 Å². The van der Waals surface area contributed by atoms with Gasteiger partial charge in [-0.1, -0.05) is 70.4 Å². The molecule has 0 fully saturated rings. The molecule has 0 spiro atoms. The standard InChI is InChI=1S/C30H46N2O4/c1-3-4-5-6-7-8-9-10-11-12-13-14-15-16-17-18-29(33)32-28(30(34)35)21-24-23-31-27-20-19-25(36-2)22-26(24)27/h10-11,19-20,22-23,28,31H,3-9,12-18,21H2,1-2H3,(H,32,33)(H,34,35). The number of amides is 1. The van der Waals surface area contributed by atoms with Gasteiger partial charge in [0, 0.05) is 29.9 Å². The summed E-state index contributed by atoms with van der Waals surface area (Å²) in [6.07, 6.45) is 22.7. The molecule has 6 nitrogen and oxygen atoms in total. The van der Waals surface area contributed by atoms with E-state index in [1.165, 1.54) is 57.8 Å². The van der Waals surface area contributed by atoms with Crippen molar-refractivity contribution in [2.45, 2.75) is 109 Å². The van der Waals surface area contributed by atoms with Crippen LogP contribution in [0.2, 0.25) is 0 Å². The van der Waals surface area contributed by atoms with E-state index in [0.29, 0.717) is 12.2 Å². The summed E-state index contributed by atoms with van der Waals surface area (Å²) in [5, 5.41) is 13.3. The van der Waals surface area contributed by atoms with Gasteiger partial charge < -0.3 is 20.1 Å². The smallest absolute Gasteiger partial charge is 0.326 e. The van der Waals surface area contributed by atoms with E-state index in [0.717, 1.165) is 42.1 Å². The maximum Gasteiger partial charge on any atom is 0.326 e. The number of rotatable bonds is 20. The zero-order chi connectivity index (χ0) is 26.0. The lowest BCUT2D eigenvalue weighted by atomic mass is 10.0. The van der Waals surface area contributed by atoms with Crippen LogP contribution in [0.25, 0.3) is 10.9 Å². The largest absolute Gasteiger partial charge is 0.497 e. The predicted molar refractivity (Wildman–Crippen MR) is 148 cm³/mol. The van der Waals surface area contributed by atoms with Crippen molar-refractivity contribution in [3.05, 3.63) is 42.1 Å². The van der Waals surface area contributed by atoms with Crippen LogP contribution in [0, 0.1) is 0 Å². The van der Waals surface area contributed by atoms with Gasteiger partial charge in [-0.15, -0.1) is 0 Å². The van der Waals surface area contributed by atoms with Crippen LogP contribution in [0.15, 0.2) is 36.5 Å². The van der Waals surface area contributed by atoms with Gasteiger partial charge in [-0.3, -0.25) is 4.79 Å². The highest BCUT2D eigenvalue weighted by Gasteiger charge is 2.22. The first kappa shape index (κ1) is 29.5. The molecule has 0 bridgehead atoms. The molecular weight excluding hydrogens is 452 g/mol. The number of hydrogen-bond acceptors (Lipinski definition) is 3. The van der Waals surface area contributed by atoms with E-state index in [-0.39, 0.29) is 12.3 Å². The number of aliphatic carboxylic acids is 1. The van der Waals surface area contributed by atoms with E-state index in [2.05, 4.69) is 29.4 Å². The summed E-state index contributed by atoms with van der Waals surface area (Å²) < 4.78 is 5.28. The third-order valence-electron chi connectivity index (χ3n) is 6.70. The fourth-order valence-electron chi connectivity index (χ4n) is 4.50. The molecule has 0 radical (unpaired) electrons. The molecule has 2 aromatic rings. The fraction of sp³-hybridized carbons (Fsp3) is 0.600. The van der Waals surface area contributed by atoms with Gasteiger partial charge in [0.05, 0.1) is 7.11 Å². The Kier molecular flexibility index (Phi) is 14.4. The summed E-state index contributed by atoms with van der Waals surface area (Å²) in [4.78, 5) is 27.3. The van der Waals surface area contributed by atoms with E-state index in [4.69, 9.17) is 4.74 Å². The van der Waals surface area contributed by atoms with Crippen molar-refractivity contribution in [1.29, 1.82) is 0 Å². The van der Waals surface area contributed by atoms with Gasteiger partial charge in [0.25, 0.3) is 0 Å². The quantitative estimate of drug-likeness (QED) is 0.132. The van der Waals surface area contributed by atoms with Gasteiger partial charge in [0.1, 0.15) is 11.8 Å². The van der Waals surface area contributed by atoms with Crippen LogP contribution in [-0.2, 0) is 16.0 Å². The monoisotopic (exact) mass is 498 g/mol. The van der Waals surface area contributed by atoms with Gasteiger partial charge in [0.15, 0.2) is 0 Å². The van der Waals surface area contributed by atoms with E-state index in [1.54, 1.807) is 13.3 Å². The van der Waals surface area contributed by atoms with Crippen molar-refractivity contribution in [2.24, 2.45) is 0 Å². The highest BCUT2D eigenvalue weighted by Crippen LogP contribution is 2.24. The Bertz CT molecular complexity index is 934. The van der Waals surface area contributed by atoms with E-state index in [1.807, 2.05) is 18.2 Å². The zero-order valence-corrected chi connectivity index (χ0v) is 22.3. The molecule has 0 saturated heterocycles. The Morgan fingerprint density at radius 1 is 0.972 bits per heavy atom. The molecule has 0 saturated carbocycles. The van der Waals surface area contributed by atoms with Gasteiger partial charge in [-0.25, -0.2) is 4.79 Å². The lowest BCUT2D eigenvalue weighted by Crippen LogP contribution is -2.42. The van der Waals surface area contributed by atoms with Crippen LogP contribution in [0.3, 0.4) is 0 Å². The van der Waals surface area contributed by atoms with Crippen molar-refractivity contribution in [2.75, 3.05) is 7.11 Å². The zero-order valence-electron chi connectivity index (χ0n) is 22.3. The molecule has 6 heteroatoms. The number of H-pyrrole nitrogens is 1. The Labute approximate surface area is 216 Å². The number of aromatic amines is 1. The maximum atomic E-state index is 12.4. The highest BCUT2D eigenvalue weighted by atomic mass is 16.5. The van der Waals surface area contributed by atoms with Crippen LogP contribution in [0.1, 0.15) is 102 Å². The minimum Gasteiger partial charge on any atom is -0.497 e. The number of carboxylic acids is 1. The van der Waals surface area contributed by atoms with Crippen molar-refractivity contribution in [3.8, 4) is 5.75 Å². The number of allylic oxidation sites excluding steroid dienone is 2. The van der Waals surface area contributed by atoms with Crippen LogP contribution in [0.5, 0.6) is 5.75 Å². The van der Waals surface area contributed by atoms with Crippen LogP contribution in [0.4, 0.5) is 0 Å². The minimum atomic E-state index is -1.02. The fourth-order valence-corrected chi connectivity index (χ4v) is 4.50. The van der Waals surface area contributed by atoms with E-state index >= 15 is 0 Å². The molecule has 2 rings (SSSR count). The minimum absolute atomic E-state index is 0.197. The lowest BCUT2D eigenvalue weighted by Gasteiger charge is -2.14. The van der Waals surface area contributed by atoms with Gasteiger partial charge in [0.2, 0.25) is 5.91 Å². The first-order valence-electron chi connectivity index (χ1n) is 13.9. The number of aromatic nitrogens is 1. The number of carbonyl (C=O) groups is 2. The molecule has 36 heavy (non-hydrogen) atoms. The van der Waals surface area contributed by atoms with Gasteiger partial charge in [-0.2, -0.15) is 0 Å². The molecule has 1 amide bonds. The molecule has 0 aliphatic heterocycles. The van der Waals surface area contributed by atoms with Gasteiger partial charge >= 0.3 is 5.97 Å². The molecule has 1 atom stereocenters. The summed E-state index contributed by atoms with van der Waals surface area (Å²) in [5.41, 5.74) is 1.76. The van der Waals surface area contributed by atoms with Crippen molar-refractivity contribution < 1.29 is 19.4 Å². The number of hydrogen-bond donors (Lipinski definition) is 3. The Morgan fingerprint density at radius 3 is 2.25 bits per heavy atom. The van der Waals surface area contributed by atoms with Crippen LogP contribution in [-0.4, -0.2) is 35.1 Å². The highest BCUT2D eigenvalue weighted by molar-refractivity contribution is 5.87. The summed E-state index contributed by atoms with van der Waals surface area (Å²) in [5.74, 6) is -0.508. The first-order chi connectivity index (χ1) is 17.5. The summed E-state index contributed by atoms with van der Waals surface area (Å²) in [7, 11) is 1.60. The molecular formula is C30H46N2O4. The second kappa shape index (κ2) is 17.6. The Morgan fingerprint density at radius 2 is 1.61 bits per heavy atom. The van der Waals surface area contributed by atoms with Crippen LogP contribution < -0.4 is 10.1 Å². The lowest BCUT2D eigenvalue weighted by molar-refractivity contribution is -0.141. The number of nitrogens with one attached hydrogen (secondary N) is 2. The maximum absolute atomic E-state index is 12.4. The number of ether oxygens (including phenoxy) is 1. The molecule has 0 aliphatic carbocycles. The molecule has 200 valence electrons. The van der Waals surface area contributed by atoms with Crippen molar-refractivity contribution in [1.82, 2.24) is 10.3 Å². The number of benzene rings is 1. The first-order valence-corrected chi connectivity index (χ1v) is 13.9. The molecule has 1 aromatic heterocycles. The second-order valence-electron chi connectivity index (χ2n) is 9.72. The molecule has 1 heterocycles. The van der Waals surface area contributed by atoms with E-state index in [9.17, 15) is 14.7 Å². The molecule has 1 unspecified atom stereocenters. The number of fused-ring (bicyclic) bond motifs is 1. The number of carbonyl (C=O) groups excluding carboxylic acids is 1. The average molecular weight is 499 g/mol. The SMILES string of the molecule is CCCCCCCCC=CCCCCCCCC(=O)NC(Cc1c[nH]c2ccc(OC)cc12)C(=O)O. The normalized spacial score (nSPS) is 12.3. The van der Waals surface area contributed by atoms with Gasteiger partial charge in [-0.05, 0) is 55.9 Å². The third-order valence-corrected chi connectivity index (χ3v) is 6.70. The average Bonchev–Trinajstić information content (AvgIpc) is 3.27. The third kappa shape index (κ3) is 11.3. The number of unbranched alkanes of at least 4 members (excludes halogenated alkanes) is 11. The topological polar surface area (TPSA) is 91.4 Å².